The second-order valence-corrected chi connectivity index (χ2v) is 13.7. The second-order valence-electron chi connectivity index (χ2n) is 7.28. The van der Waals surface area contributed by atoms with E-state index >= 15 is 0 Å². The van der Waals surface area contributed by atoms with Gasteiger partial charge in [-0.15, -0.1) is 0 Å². The molecule has 0 saturated heterocycles. The van der Waals surface area contributed by atoms with Crippen LogP contribution in [0.4, 0.5) is 0 Å². The van der Waals surface area contributed by atoms with Crippen LogP contribution >= 0.6 is 0 Å². The molecule has 1 aromatic carbocycles. The molecule has 0 radical (unpaired) electrons. The van der Waals surface area contributed by atoms with Gasteiger partial charge in [-0.25, -0.2) is 0 Å². The van der Waals surface area contributed by atoms with Crippen LogP contribution in [0.2, 0.25) is 18.1 Å². The predicted molar refractivity (Wildman–Crippen MR) is 93.5 cm³/mol. The van der Waals surface area contributed by atoms with Crippen LogP contribution in [-0.4, -0.2) is 41.2 Å². The Morgan fingerprint density at radius 2 is 1.65 bits per heavy atom. The first-order valence-corrected chi connectivity index (χ1v) is 11.9. The first-order valence-electron chi connectivity index (χ1n) is 7.63. The summed E-state index contributed by atoms with van der Waals surface area (Å²) >= 11 is 0. The van der Waals surface area contributed by atoms with Crippen LogP contribution in [0, 0.1) is 6.92 Å². The van der Waals surface area contributed by atoms with Gasteiger partial charge >= 0.3 is 0 Å². The summed E-state index contributed by atoms with van der Waals surface area (Å²) in [7, 11) is -5.84. The van der Waals surface area contributed by atoms with E-state index in [9.17, 15) is 13.5 Å². The standard InChI is InChI=1S/C16H28O5SSi/c1-13-7-9-15(10-8-13)22(18,19)20-11-14(17)12-21-23(5,6)16(2,3)4/h7-10,14,17H,11-12H2,1-6H3. The fourth-order valence-corrected chi connectivity index (χ4v) is 3.49. The Kier molecular flexibility index (Phi) is 6.57. The van der Waals surface area contributed by atoms with Gasteiger partial charge in [-0.1, -0.05) is 38.5 Å². The van der Waals surface area contributed by atoms with Crippen LogP contribution in [-0.2, 0) is 18.7 Å². The van der Waals surface area contributed by atoms with Crippen molar-refractivity contribution in [1.29, 1.82) is 0 Å². The van der Waals surface area contributed by atoms with E-state index in [2.05, 4.69) is 33.9 Å². The normalized spacial score (nSPS) is 14.7. The molecular weight excluding hydrogens is 332 g/mol. The lowest BCUT2D eigenvalue weighted by Gasteiger charge is -2.36. The zero-order valence-electron chi connectivity index (χ0n) is 14.8. The van der Waals surface area contributed by atoms with E-state index in [-0.39, 0.29) is 23.1 Å². The Balaban J connectivity index is 2.56. The smallest absolute Gasteiger partial charge is 0.297 e. The lowest BCUT2D eigenvalue weighted by molar-refractivity contribution is 0.0597. The van der Waals surface area contributed by atoms with E-state index in [1.807, 2.05) is 6.92 Å². The van der Waals surface area contributed by atoms with Crippen LogP contribution in [0.3, 0.4) is 0 Å². The summed E-state index contributed by atoms with van der Waals surface area (Å²) in [5, 5.41) is 9.97. The summed E-state index contributed by atoms with van der Waals surface area (Å²) in [5.41, 5.74) is 0.965. The molecule has 0 saturated carbocycles. The van der Waals surface area contributed by atoms with Gasteiger partial charge in [0.25, 0.3) is 10.1 Å². The van der Waals surface area contributed by atoms with Gasteiger partial charge in [-0.05, 0) is 37.2 Å². The van der Waals surface area contributed by atoms with Gasteiger partial charge < -0.3 is 9.53 Å². The Morgan fingerprint density at radius 1 is 1.13 bits per heavy atom. The SMILES string of the molecule is Cc1ccc(S(=O)(=O)OCC(O)CO[Si](C)(C)C(C)(C)C)cc1. The average Bonchev–Trinajstić information content (AvgIpc) is 2.42. The molecule has 7 heteroatoms. The maximum atomic E-state index is 12.0. The summed E-state index contributed by atoms with van der Waals surface area (Å²) in [6.45, 7) is 12.1. The molecule has 1 aromatic rings. The van der Waals surface area contributed by atoms with Crippen molar-refractivity contribution in [3.63, 3.8) is 0 Å². The summed E-state index contributed by atoms with van der Waals surface area (Å²) in [4.78, 5) is 0.0839. The lowest BCUT2D eigenvalue weighted by Crippen LogP contribution is -2.43. The van der Waals surface area contributed by atoms with Gasteiger partial charge in [0.2, 0.25) is 0 Å². The van der Waals surface area contributed by atoms with E-state index in [0.717, 1.165) is 5.56 Å². The minimum Gasteiger partial charge on any atom is -0.414 e. The molecule has 0 aliphatic rings. The maximum absolute atomic E-state index is 12.0. The highest BCUT2D eigenvalue weighted by Crippen LogP contribution is 2.36. The Hall–Kier alpha value is -0.733. The molecular formula is C16H28O5SSi. The monoisotopic (exact) mass is 360 g/mol. The van der Waals surface area contributed by atoms with Gasteiger partial charge in [0.1, 0.15) is 6.10 Å². The molecule has 1 N–H and O–H groups in total. The maximum Gasteiger partial charge on any atom is 0.297 e. The van der Waals surface area contributed by atoms with Crippen molar-refractivity contribution >= 4 is 18.4 Å². The van der Waals surface area contributed by atoms with Crippen molar-refractivity contribution in [2.24, 2.45) is 0 Å². The first kappa shape index (κ1) is 20.3. The van der Waals surface area contributed by atoms with Gasteiger partial charge in [-0.2, -0.15) is 8.42 Å². The van der Waals surface area contributed by atoms with E-state index in [1.54, 1.807) is 12.1 Å². The molecule has 0 spiro atoms. The second kappa shape index (κ2) is 7.44. The van der Waals surface area contributed by atoms with Crippen molar-refractivity contribution in [2.75, 3.05) is 13.2 Å². The van der Waals surface area contributed by atoms with Crippen LogP contribution in [0.5, 0.6) is 0 Å². The number of aliphatic hydroxyl groups excluding tert-OH is 1. The minimum atomic E-state index is -3.86. The highest BCUT2D eigenvalue weighted by Gasteiger charge is 2.37. The molecule has 0 bridgehead atoms. The van der Waals surface area contributed by atoms with Crippen LogP contribution in [0.25, 0.3) is 0 Å². The quantitative estimate of drug-likeness (QED) is 0.597. The number of hydrogen-bond donors (Lipinski definition) is 1. The number of aliphatic hydroxyl groups is 1. The van der Waals surface area contributed by atoms with Crippen molar-refractivity contribution in [2.45, 2.75) is 56.8 Å². The summed E-state index contributed by atoms with van der Waals surface area (Å²) in [6, 6.07) is 6.38. The molecule has 1 unspecified atom stereocenters. The Bertz CT molecular complexity index is 602. The molecule has 23 heavy (non-hydrogen) atoms. The molecule has 0 heterocycles. The van der Waals surface area contributed by atoms with E-state index in [0.29, 0.717) is 0 Å². The molecule has 0 aromatic heterocycles. The third-order valence-corrected chi connectivity index (χ3v) is 9.96. The zero-order valence-corrected chi connectivity index (χ0v) is 16.6. The van der Waals surface area contributed by atoms with Crippen LogP contribution in [0.1, 0.15) is 26.3 Å². The van der Waals surface area contributed by atoms with Crippen LogP contribution in [0.15, 0.2) is 29.2 Å². The third-order valence-electron chi connectivity index (χ3n) is 4.17. The third kappa shape index (κ3) is 6.00. The number of rotatable bonds is 7. The fraction of sp³-hybridized carbons (Fsp3) is 0.625. The minimum absolute atomic E-state index is 0.0293. The fourth-order valence-electron chi connectivity index (χ4n) is 1.51. The van der Waals surface area contributed by atoms with Crippen molar-refractivity contribution in [3.05, 3.63) is 29.8 Å². The number of aryl methyl sites for hydroxylation is 1. The molecule has 0 fully saturated rings. The summed E-state index contributed by atoms with van der Waals surface area (Å²) in [5.74, 6) is 0. The van der Waals surface area contributed by atoms with Crippen molar-refractivity contribution < 1.29 is 22.1 Å². The van der Waals surface area contributed by atoms with Gasteiger partial charge in [-0.3, -0.25) is 4.18 Å². The van der Waals surface area contributed by atoms with Gasteiger partial charge in [0.05, 0.1) is 18.1 Å². The zero-order chi connectivity index (χ0) is 17.9. The average molecular weight is 361 g/mol. The summed E-state index contributed by atoms with van der Waals surface area (Å²) < 4.78 is 34.9. The molecule has 5 nitrogen and oxygen atoms in total. The molecule has 0 aliphatic heterocycles. The molecule has 1 atom stereocenters. The lowest BCUT2D eigenvalue weighted by atomic mass is 10.2. The Labute approximate surface area is 140 Å². The highest BCUT2D eigenvalue weighted by molar-refractivity contribution is 7.86. The topological polar surface area (TPSA) is 72.8 Å². The largest absolute Gasteiger partial charge is 0.414 e. The van der Waals surface area contributed by atoms with Crippen molar-refractivity contribution in [1.82, 2.24) is 0 Å². The first-order chi connectivity index (χ1) is 10.3. The van der Waals surface area contributed by atoms with Gasteiger partial charge in [0, 0.05) is 0 Å². The van der Waals surface area contributed by atoms with E-state index in [1.165, 1.54) is 12.1 Å². The van der Waals surface area contributed by atoms with E-state index in [4.69, 9.17) is 8.61 Å². The molecule has 0 aliphatic carbocycles. The van der Waals surface area contributed by atoms with Crippen LogP contribution < -0.4 is 0 Å². The number of hydrogen-bond acceptors (Lipinski definition) is 5. The Morgan fingerprint density at radius 3 is 2.13 bits per heavy atom. The highest BCUT2D eigenvalue weighted by atomic mass is 32.2. The molecule has 132 valence electrons. The molecule has 0 amide bonds. The van der Waals surface area contributed by atoms with Gasteiger partial charge in [0.15, 0.2) is 8.32 Å². The molecule has 1 rings (SSSR count). The number of benzene rings is 1. The predicted octanol–water partition coefficient (Wildman–Crippen LogP) is 3.08. The van der Waals surface area contributed by atoms with E-state index < -0.39 is 24.5 Å². The summed E-state index contributed by atoms with van der Waals surface area (Å²) in [6.07, 6.45) is -0.982. The van der Waals surface area contributed by atoms with Crippen molar-refractivity contribution in [3.8, 4) is 0 Å².